The van der Waals surface area contributed by atoms with Crippen molar-refractivity contribution in [1.29, 1.82) is 0 Å². The molecule has 2 aromatic carbocycles. The Kier molecular flexibility index (Phi) is 12.5. The van der Waals surface area contributed by atoms with E-state index in [0.29, 0.717) is 50.6 Å². The fourth-order valence-corrected chi connectivity index (χ4v) is 8.00. The highest BCUT2D eigenvalue weighted by atomic mass is 31.1. The first-order chi connectivity index (χ1) is 17.2. The molecule has 0 saturated carbocycles. The molecule has 4 heteroatoms. The van der Waals surface area contributed by atoms with E-state index >= 15 is 0 Å². The van der Waals surface area contributed by atoms with Gasteiger partial charge < -0.3 is 0 Å². The van der Waals surface area contributed by atoms with E-state index in [9.17, 15) is 0 Å². The Hall–Kier alpha value is -0.570. The van der Waals surface area contributed by atoms with Gasteiger partial charge in [-0.2, -0.15) is 0 Å². The summed E-state index contributed by atoms with van der Waals surface area (Å²) < 4.78 is 0. The van der Waals surface area contributed by atoms with Crippen LogP contribution in [0, 0.1) is 0 Å². The highest BCUT2D eigenvalue weighted by Crippen LogP contribution is 2.42. The number of hydrogen-bond donors (Lipinski definition) is 0. The summed E-state index contributed by atoms with van der Waals surface area (Å²) in [5, 5.41) is 3.70. The molecule has 0 N–H and O–H groups in total. The Morgan fingerprint density at radius 2 is 0.703 bits per heavy atom. The Morgan fingerprint density at radius 1 is 0.459 bits per heavy atom. The van der Waals surface area contributed by atoms with Crippen molar-refractivity contribution in [3.63, 3.8) is 0 Å². The maximum absolute atomic E-state index is 2.60. The maximum Gasteiger partial charge on any atom is -0.0162 e. The second kappa shape index (κ2) is 14.2. The quantitative estimate of drug-likeness (QED) is 0.188. The molecular weight excluding hydrogens is 480 g/mol. The minimum absolute atomic E-state index is 0.121. The molecule has 0 nitrogen and oxygen atoms in total. The van der Waals surface area contributed by atoms with Crippen LogP contribution >= 0.6 is 15.6 Å². The third-order valence-corrected chi connectivity index (χ3v) is 9.80. The Bertz CT molecular complexity index is 881. The summed E-state index contributed by atoms with van der Waals surface area (Å²) in [7, 11) is 0.862. The summed E-state index contributed by atoms with van der Waals surface area (Å²) in [5.74, 6) is 3.78. The molecule has 0 fully saturated rings. The first-order valence-corrected chi connectivity index (χ1v) is 16.2. The van der Waals surface area contributed by atoms with E-state index in [-0.39, 0.29) is 15.6 Å². The van der Waals surface area contributed by atoms with Crippen molar-refractivity contribution in [2.75, 3.05) is 12.3 Å². The predicted octanol–water partition coefficient (Wildman–Crippen LogP) is 8.29. The molecule has 0 heterocycles. The average molecular weight is 538 g/mol. The van der Waals surface area contributed by atoms with E-state index in [0.717, 1.165) is 0 Å². The van der Waals surface area contributed by atoms with Gasteiger partial charge in [-0.3, -0.25) is 15.6 Å². The molecule has 0 bridgehead atoms. The van der Waals surface area contributed by atoms with Gasteiger partial charge in [0.25, 0.3) is 0 Å². The minimum atomic E-state index is 0.121. The molecule has 208 valence electrons. The second-order valence-corrected chi connectivity index (χ2v) is 14.6. The third kappa shape index (κ3) is 8.21. The van der Waals surface area contributed by atoms with Crippen LogP contribution in [-0.4, -0.2) is 27.5 Å². The summed E-state index contributed by atoms with van der Waals surface area (Å²) >= 11 is 0. The fraction of sp³-hybridized carbons (Fsp3) is 0.636. The molecule has 0 spiro atoms. The van der Waals surface area contributed by atoms with Crippen LogP contribution in [0.2, 0.25) is 0 Å². The number of benzene rings is 2. The van der Waals surface area contributed by atoms with Crippen molar-refractivity contribution in [2.24, 2.45) is 0 Å². The van der Waals surface area contributed by atoms with Gasteiger partial charge in [-0.1, -0.05) is 137 Å². The molecule has 0 amide bonds. The van der Waals surface area contributed by atoms with Crippen LogP contribution in [0.25, 0.3) is 0 Å². The summed E-state index contributed by atoms with van der Waals surface area (Å²) in [4.78, 5) is 0. The first-order valence-electron chi connectivity index (χ1n) is 14.0. The van der Waals surface area contributed by atoms with Gasteiger partial charge in [0.05, 0.1) is 0 Å². The first kappa shape index (κ1) is 32.6. The maximum atomic E-state index is 2.60. The van der Waals surface area contributed by atoms with Crippen LogP contribution in [0.5, 0.6) is 0 Å². The Labute approximate surface area is 235 Å². The molecule has 0 saturated heterocycles. The molecule has 37 heavy (non-hydrogen) atoms. The van der Waals surface area contributed by atoms with Crippen LogP contribution in [0.15, 0.2) is 24.3 Å². The third-order valence-electron chi connectivity index (χ3n) is 7.06. The lowest BCUT2D eigenvalue weighted by molar-refractivity contribution is 0.813. The van der Waals surface area contributed by atoms with Crippen molar-refractivity contribution in [3.8, 4) is 0 Å². The van der Waals surface area contributed by atoms with Gasteiger partial charge in [0, 0.05) is 0 Å². The molecule has 2 rings (SSSR count). The monoisotopic (exact) mass is 538 g/mol. The summed E-state index contributed by atoms with van der Waals surface area (Å²) in [6.45, 7) is 28.9. The molecule has 0 radical (unpaired) electrons. The summed E-state index contributed by atoms with van der Waals surface area (Å²) in [6, 6.07) is 10.4. The smallest absolute Gasteiger partial charge is 0.0162 e. The molecule has 2 atom stereocenters. The van der Waals surface area contributed by atoms with Crippen LogP contribution < -0.4 is 10.6 Å². The highest BCUT2D eigenvalue weighted by Gasteiger charge is 2.20. The van der Waals surface area contributed by atoms with Gasteiger partial charge in [0.2, 0.25) is 0 Å². The molecule has 0 aliphatic carbocycles. The molecule has 0 aromatic heterocycles. The second-order valence-electron chi connectivity index (χ2n) is 12.1. The van der Waals surface area contributed by atoms with Crippen molar-refractivity contribution in [1.82, 2.24) is 0 Å². The zero-order valence-corrected chi connectivity index (χ0v) is 26.6. The molecule has 2 aromatic rings. The zero-order chi connectivity index (χ0) is 28.2. The van der Waals surface area contributed by atoms with Crippen molar-refractivity contribution in [2.45, 2.75) is 125 Å². The predicted molar refractivity (Wildman–Crippen MR) is 185 cm³/mol. The topological polar surface area (TPSA) is 0 Å². The van der Waals surface area contributed by atoms with E-state index in [2.05, 4.69) is 107 Å². The van der Waals surface area contributed by atoms with Gasteiger partial charge in [0.15, 0.2) is 0 Å². The Morgan fingerprint density at radius 3 is 0.892 bits per heavy atom. The van der Waals surface area contributed by atoms with Gasteiger partial charge >= 0.3 is 0 Å². The zero-order valence-electron chi connectivity index (χ0n) is 24.8. The highest BCUT2D eigenvalue weighted by molar-refractivity contribution is 7.89. The molecule has 2 unspecified atom stereocenters. The average Bonchev–Trinajstić information content (AvgIpc) is 2.81. The van der Waals surface area contributed by atoms with Gasteiger partial charge in [-0.25, -0.2) is 0 Å². The van der Waals surface area contributed by atoms with Crippen LogP contribution in [0.4, 0.5) is 0 Å². The van der Waals surface area contributed by atoms with E-state index in [1.807, 2.05) is 10.6 Å². The Balaban J connectivity index is 2.35. The largest absolute Gasteiger partial charge is 0.256 e. The van der Waals surface area contributed by atoms with Crippen molar-refractivity contribution in [3.05, 3.63) is 57.6 Å². The van der Waals surface area contributed by atoms with Gasteiger partial charge in [-0.15, -0.1) is 0 Å². The standard InChI is InChI=1S/C33H58B2P2/c1-20(2)26-16-28(22(5)6)32(29(17-26)23(7)8)36(34)14-13-15-37(35)33-30(24(9)10)18-27(21(3)4)19-31(33)25(11)12/h16-25H,13-15H2,1-12,34-35H3/q-2. The normalized spacial score (nSPS) is 14.2. The van der Waals surface area contributed by atoms with Crippen LogP contribution in [0.1, 0.15) is 158 Å². The van der Waals surface area contributed by atoms with Crippen molar-refractivity contribution >= 4 is 41.3 Å². The van der Waals surface area contributed by atoms with Crippen LogP contribution in [0.3, 0.4) is 0 Å². The molecular formula is C33H58B2P2-2. The number of rotatable bonds is 12. The van der Waals surface area contributed by atoms with E-state index in [4.69, 9.17) is 0 Å². The van der Waals surface area contributed by atoms with Gasteiger partial charge in [0.1, 0.15) is 0 Å². The van der Waals surface area contributed by atoms with E-state index in [1.54, 1.807) is 33.4 Å². The summed E-state index contributed by atoms with van der Waals surface area (Å²) in [6.07, 6.45) is 4.46. The SMILES string of the molecule is [BH3-]P(CCCP([BH3-])c1c(C(C)C)cc(C(C)C)cc1C(C)C)c1c(C(C)C)cc(C(C)C)cc1C(C)C. The fourth-order valence-electron chi connectivity index (χ4n) is 4.65. The molecule has 0 aliphatic rings. The number of hydrogen-bond acceptors (Lipinski definition) is 0. The van der Waals surface area contributed by atoms with Gasteiger partial charge in [-0.05, 0) is 84.0 Å². The van der Waals surface area contributed by atoms with Crippen molar-refractivity contribution < 1.29 is 0 Å². The van der Waals surface area contributed by atoms with Crippen LogP contribution in [-0.2, 0) is 0 Å². The lowest BCUT2D eigenvalue weighted by atomic mass is 9.89. The minimum Gasteiger partial charge on any atom is -0.256 e. The molecule has 0 aliphatic heterocycles. The van der Waals surface area contributed by atoms with E-state index in [1.165, 1.54) is 18.7 Å². The lowest BCUT2D eigenvalue weighted by Gasteiger charge is -2.33. The van der Waals surface area contributed by atoms with E-state index < -0.39 is 0 Å². The lowest BCUT2D eigenvalue weighted by Crippen LogP contribution is -2.21. The summed E-state index contributed by atoms with van der Waals surface area (Å²) in [5.41, 5.74) is 9.91.